The van der Waals surface area contributed by atoms with Gasteiger partial charge >= 0.3 is 6.09 Å². The molecule has 0 radical (unpaired) electrons. The van der Waals surface area contributed by atoms with Gasteiger partial charge in [-0.2, -0.15) is 0 Å². The highest BCUT2D eigenvalue weighted by Gasteiger charge is 2.26. The molecule has 94 valence electrons. The molecule has 16 heavy (non-hydrogen) atoms. The van der Waals surface area contributed by atoms with Crippen molar-refractivity contribution in [2.45, 2.75) is 34.1 Å². The lowest BCUT2D eigenvalue weighted by atomic mass is 9.87. The van der Waals surface area contributed by atoms with Gasteiger partial charge in [0, 0.05) is 24.8 Å². The molecule has 0 fully saturated rings. The van der Waals surface area contributed by atoms with Crippen LogP contribution in [0.15, 0.2) is 11.3 Å². The molecule has 0 aromatic heterocycles. The van der Waals surface area contributed by atoms with Crippen molar-refractivity contribution in [1.82, 2.24) is 4.90 Å². The number of carboxylic acid groups (broad SMARTS) is 1. The first-order valence-electron chi connectivity index (χ1n) is 5.37. The summed E-state index contributed by atoms with van der Waals surface area (Å²) in [5.74, 6) is 0. The summed E-state index contributed by atoms with van der Waals surface area (Å²) in [5.41, 5.74) is 1.76. The Bertz CT molecular complexity index is 281. The van der Waals surface area contributed by atoms with Crippen LogP contribution in [0, 0.1) is 5.41 Å². The molecule has 0 aliphatic rings. The summed E-state index contributed by atoms with van der Waals surface area (Å²) in [7, 11) is 2.31. The Hall–Kier alpha value is -0.813. The Kier molecular flexibility index (Phi) is 5.75. The van der Waals surface area contributed by atoms with E-state index in [4.69, 9.17) is 9.53 Å². The molecule has 0 bridgehead atoms. The second-order valence-corrected chi connectivity index (χ2v) is 5.54. The molecular formula is C11H23NO3Si. The lowest BCUT2D eigenvalue weighted by molar-refractivity contribution is 0.157. The maximum Gasteiger partial charge on any atom is 0.411 e. The van der Waals surface area contributed by atoms with Gasteiger partial charge in [-0.1, -0.05) is 26.3 Å². The summed E-state index contributed by atoms with van der Waals surface area (Å²) in [4.78, 5) is 12.3. The molecule has 0 unspecified atom stereocenters. The van der Waals surface area contributed by atoms with E-state index in [2.05, 4.69) is 0 Å². The average Bonchev–Trinajstić information content (AvgIpc) is 2.12. The molecular weight excluding hydrogens is 222 g/mol. The average molecular weight is 245 g/mol. The van der Waals surface area contributed by atoms with Gasteiger partial charge in [-0.3, -0.25) is 4.90 Å². The third-order valence-corrected chi connectivity index (χ3v) is 2.83. The van der Waals surface area contributed by atoms with Crippen LogP contribution in [0.25, 0.3) is 0 Å². The Morgan fingerprint density at radius 1 is 1.44 bits per heavy atom. The monoisotopic (exact) mass is 245 g/mol. The number of allylic oxidation sites excluding steroid dienone is 1. The van der Waals surface area contributed by atoms with E-state index in [0.717, 1.165) is 28.2 Å². The maximum atomic E-state index is 11.0. The van der Waals surface area contributed by atoms with Crippen LogP contribution >= 0.6 is 0 Å². The molecule has 0 aliphatic heterocycles. The zero-order valence-corrected chi connectivity index (χ0v) is 13.1. The largest absolute Gasteiger partial charge is 0.465 e. The molecule has 1 N–H and O–H groups in total. The molecule has 5 heteroatoms. The first kappa shape index (κ1) is 15.2. The summed E-state index contributed by atoms with van der Waals surface area (Å²) >= 11 is 0. The van der Waals surface area contributed by atoms with E-state index in [-0.39, 0.29) is 5.41 Å². The first-order chi connectivity index (χ1) is 7.21. The lowest BCUT2D eigenvalue weighted by Gasteiger charge is -2.31. The first-order valence-corrected chi connectivity index (χ1v) is 6.19. The van der Waals surface area contributed by atoms with Crippen LogP contribution in [-0.2, 0) is 4.43 Å². The van der Waals surface area contributed by atoms with Gasteiger partial charge in [0.25, 0.3) is 0 Å². The van der Waals surface area contributed by atoms with E-state index in [1.54, 1.807) is 7.05 Å². The van der Waals surface area contributed by atoms with Crippen molar-refractivity contribution in [1.29, 1.82) is 0 Å². The van der Waals surface area contributed by atoms with E-state index >= 15 is 0 Å². The highest BCUT2D eigenvalue weighted by atomic mass is 28.2. The van der Waals surface area contributed by atoms with Crippen LogP contribution in [0.4, 0.5) is 4.79 Å². The van der Waals surface area contributed by atoms with Gasteiger partial charge in [0.15, 0.2) is 0 Å². The van der Waals surface area contributed by atoms with Crippen molar-refractivity contribution in [3.8, 4) is 0 Å². The standard InChI is InChI=1S/C11H23NO3Si/c1-8(6-7-15-16)9(11(2,3)4)12(5)10(13)14/h6-7H2,1-5,16H3,(H,13,14). The van der Waals surface area contributed by atoms with Gasteiger partial charge in [0.2, 0.25) is 0 Å². The summed E-state index contributed by atoms with van der Waals surface area (Å²) in [6.45, 7) is 8.71. The molecule has 0 heterocycles. The molecule has 1 amide bonds. The smallest absolute Gasteiger partial charge is 0.411 e. The normalized spacial score (nSPS) is 13.6. The minimum absolute atomic E-state index is 0.178. The predicted molar refractivity (Wildman–Crippen MR) is 68.5 cm³/mol. The van der Waals surface area contributed by atoms with Crippen molar-refractivity contribution in [3.63, 3.8) is 0 Å². The van der Waals surface area contributed by atoms with Gasteiger partial charge in [0.1, 0.15) is 10.5 Å². The van der Waals surface area contributed by atoms with E-state index in [1.165, 1.54) is 4.90 Å². The third kappa shape index (κ3) is 4.36. The van der Waals surface area contributed by atoms with Crippen LogP contribution in [0.2, 0.25) is 0 Å². The number of nitrogens with zero attached hydrogens (tertiary/aromatic N) is 1. The zero-order valence-electron chi connectivity index (χ0n) is 11.1. The van der Waals surface area contributed by atoms with Crippen molar-refractivity contribution in [2.75, 3.05) is 13.7 Å². The van der Waals surface area contributed by atoms with Crippen LogP contribution in [0.1, 0.15) is 34.1 Å². The highest BCUT2D eigenvalue weighted by molar-refractivity contribution is 5.97. The second-order valence-electron chi connectivity index (χ2n) is 4.96. The fourth-order valence-corrected chi connectivity index (χ4v) is 2.10. The van der Waals surface area contributed by atoms with Crippen LogP contribution < -0.4 is 0 Å². The molecule has 0 atom stereocenters. The van der Waals surface area contributed by atoms with Gasteiger partial charge < -0.3 is 9.53 Å². The highest BCUT2D eigenvalue weighted by Crippen LogP contribution is 2.31. The fraction of sp³-hybridized carbons (Fsp3) is 0.727. The molecule has 0 saturated heterocycles. The Morgan fingerprint density at radius 2 is 1.94 bits per heavy atom. The van der Waals surface area contributed by atoms with Crippen molar-refractivity contribution >= 4 is 16.6 Å². The molecule has 0 aliphatic carbocycles. The molecule has 0 saturated carbocycles. The third-order valence-electron chi connectivity index (χ3n) is 2.42. The van der Waals surface area contributed by atoms with Crippen LogP contribution in [0.5, 0.6) is 0 Å². The Morgan fingerprint density at radius 3 is 2.25 bits per heavy atom. The molecule has 0 aromatic rings. The molecule has 0 rings (SSSR count). The maximum absolute atomic E-state index is 11.0. The summed E-state index contributed by atoms with van der Waals surface area (Å²) in [6.07, 6.45) is -0.135. The molecule has 0 spiro atoms. The minimum Gasteiger partial charge on any atom is -0.465 e. The number of hydrogen-bond acceptors (Lipinski definition) is 2. The van der Waals surface area contributed by atoms with Crippen LogP contribution in [-0.4, -0.2) is 40.2 Å². The van der Waals surface area contributed by atoms with Crippen molar-refractivity contribution < 1.29 is 14.3 Å². The van der Waals surface area contributed by atoms with E-state index < -0.39 is 6.09 Å². The van der Waals surface area contributed by atoms with Crippen molar-refractivity contribution in [2.24, 2.45) is 5.41 Å². The van der Waals surface area contributed by atoms with Gasteiger partial charge in [-0.15, -0.1) is 0 Å². The summed E-state index contributed by atoms with van der Waals surface area (Å²) < 4.78 is 5.15. The molecule has 4 nitrogen and oxygen atoms in total. The SMILES string of the molecule is CC(CCO[SiH3])=C(N(C)C(=O)O)C(C)(C)C. The lowest BCUT2D eigenvalue weighted by Crippen LogP contribution is -2.32. The number of rotatable bonds is 4. The van der Waals surface area contributed by atoms with Crippen LogP contribution in [0.3, 0.4) is 0 Å². The van der Waals surface area contributed by atoms with Crippen molar-refractivity contribution in [3.05, 3.63) is 11.3 Å². The Labute approximate surface area is 101 Å². The number of carbonyl (C=O) groups is 1. The van der Waals surface area contributed by atoms with E-state index in [0.29, 0.717) is 6.61 Å². The van der Waals surface area contributed by atoms with Gasteiger partial charge in [-0.25, -0.2) is 4.79 Å². The Balaban J connectivity index is 5.15. The topological polar surface area (TPSA) is 49.8 Å². The quantitative estimate of drug-likeness (QED) is 0.765. The summed E-state index contributed by atoms with van der Waals surface area (Å²) in [6, 6.07) is 0. The van der Waals surface area contributed by atoms with E-state index in [9.17, 15) is 4.79 Å². The fourth-order valence-electron chi connectivity index (χ4n) is 1.90. The van der Waals surface area contributed by atoms with E-state index in [1.807, 2.05) is 27.7 Å². The minimum atomic E-state index is -0.920. The second kappa shape index (κ2) is 6.05. The zero-order chi connectivity index (χ0) is 12.9. The predicted octanol–water partition coefficient (Wildman–Crippen LogP) is 1.60. The molecule has 0 aromatic carbocycles. The number of amides is 1. The number of hydrogen-bond donors (Lipinski definition) is 1. The van der Waals surface area contributed by atoms with Gasteiger partial charge in [0.05, 0.1) is 0 Å². The summed E-state index contributed by atoms with van der Waals surface area (Å²) in [5, 5.41) is 9.06. The van der Waals surface area contributed by atoms with Gasteiger partial charge in [-0.05, 0) is 13.3 Å².